The van der Waals surface area contributed by atoms with Crippen LogP contribution in [0.5, 0.6) is 0 Å². The van der Waals surface area contributed by atoms with Crippen LogP contribution in [0.2, 0.25) is 0 Å². The fraction of sp³-hybridized carbons (Fsp3) is 0.320. The number of aromatic nitrogens is 1. The summed E-state index contributed by atoms with van der Waals surface area (Å²) in [6.45, 7) is 11.3. The van der Waals surface area contributed by atoms with E-state index in [-0.39, 0.29) is 0 Å². The van der Waals surface area contributed by atoms with Crippen molar-refractivity contribution in [3.05, 3.63) is 76.0 Å². The fourth-order valence-electron chi connectivity index (χ4n) is 4.61. The van der Waals surface area contributed by atoms with Crippen molar-refractivity contribution >= 4 is 0 Å². The highest BCUT2D eigenvalue weighted by Gasteiger charge is 2.27. The van der Waals surface area contributed by atoms with Crippen molar-refractivity contribution < 1.29 is 4.57 Å². The first kappa shape index (κ1) is 17.0. The van der Waals surface area contributed by atoms with Crippen molar-refractivity contribution in [1.82, 2.24) is 0 Å². The van der Waals surface area contributed by atoms with Crippen molar-refractivity contribution in [1.29, 1.82) is 0 Å². The van der Waals surface area contributed by atoms with Gasteiger partial charge in [0.1, 0.15) is 7.05 Å². The van der Waals surface area contributed by atoms with Gasteiger partial charge in [-0.15, -0.1) is 0 Å². The van der Waals surface area contributed by atoms with Gasteiger partial charge in [0.05, 0.1) is 5.56 Å². The average molecular weight is 343 g/mol. The van der Waals surface area contributed by atoms with Gasteiger partial charge in [-0.25, -0.2) is 4.57 Å². The Bertz CT molecular complexity index is 1020. The second-order valence-electron chi connectivity index (χ2n) is 8.13. The third-order valence-electron chi connectivity index (χ3n) is 5.92. The Labute approximate surface area is 157 Å². The van der Waals surface area contributed by atoms with Crippen LogP contribution in [0.3, 0.4) is 0 Å². The topological polar surface area (TPSA) is 3.88 Å². The molecule has 0 atom stereocenters. The number of rotatable bonds is 2. The number of nitrogens with zero attached hydrogens (tertiary/aromatic N) is 1. The van der Waals surface area contributed by atoms with E-state index in [1.54, 1.807) is 0 Å². The van der Waals surface area contributed by atoms with Crippen LogP contribution in [0.1, 0.15) is 53.1 Å². The molecule has 0 radical (unpaired) electrons. The molecule has 0 unspecified atom stereocenters. The van der Waals surface area contributed by atoms with Crippen LogP contribution in [-0.4, -0.2) is 0 Å². The zero-order valence-corrected chi connectivity index (χ0v) is 16.8. The van der Waals surface area contributed by atoms with Crippen LogP contribution in [0.15, 0.2) is 42.6 Å². The van der Waals surface area contributed by atoms with Crippen LogP contribution >= 0.6 is 0 Å². The Balaban J connectivity index is 1.97. The number of hydrogen-bond donors (Lipinski definition) is 0. The molecule has 1 aliphatic carbocycles. The number of pyridine rings is 1. The van der Waals surface area contributed by atoms with Crippen LogP contribution in [-0.2, 0) is 13.5 Å². The first-order chi connectivity index (χ1) is 12.4. The highest BCUT2D eigenvalue weighted by molar-refractivity contribution is 5.86. The molecule has 0 amide bonds. The van der Waals surface area contributed by atoms with E-state index in [1.165, 1.54) is 55.8 Å². The molecule has 0 saturated carbocycles. The van der Waals surface area contributed by atoms with Gasteiger partial charge >= 0.3 is 0 Å². The van der Waals surface area contributed by atoms with E-state index < -0.39 is 0 Å². The summed E-state index contributed by atoms with van der Waals surface area (Å²) in [6, 6.07) is 13.7. The molecule has 0 saturated heterocycles. The predicted molar refractivity (Wildman–Crippen MR) is 110 cm³/mol. The molecule has 1 heterocycles. The van der Waals surface area contributed by atoms with Crippen molar-refractivity contribution in [3.63, 3.8) is 0 Å². The SMILES string of the molecule is Cc1cc(-c2c(C)ccc3c2Cc2cccc(C)c2-3)[n+](C)cc1C(C)C. The Hall–Kier alpha value is -2.41. The predicted octanol–water partition coefficient (Wildman–Crippen LogP) is 5.80. The van der Waals surface area contributed by atoms with Crippen molar-refractivity contribution in [2.45, 2.75) is 47.0 Å². The summed E-state index contributed by atoms with van der Waals surface area (Å²) in [6.07, 6.45) is 3.36. The van der Waals surface area contributed by atoms with Gasteiger partial charge < -0.3 is 0 Å². The summed E-state index contributed by atoms with van der Waals surface area (Å²) < 4.78 is 2.32. The molecule has 0 spiro atoms. The number of aryl methyl sites for hydroxylation is 4. The van der Waals surface area contributed by atoms with E-state index in [4.69, 9.17) is 0 Å². The summed E-state index contributed by atoms with van der Waals surface area (Å²) in [4.78, 5) is 0. The lowest BCUT2D eigenvalue weighted by molar-refractivity contribution is -0.661. The molecular weight excluding hydrogens is 314 g/mol. The fourth-order valence-corrected chi connectivity index (χ4v) is 4.61. The maximum Gasteiger partial charge on any atom is 0.213 e. The first-order valence-electron chi connectivity index (χ1n) is 9.60. The average Bonchev–Trinajstić information content (AvgIpc) is 2.96. The first-order valence-corrected chi connectivity index (χ1v) is 9.60. The molecule has 0 bridgehead atoms. The van der Waals surface area contributed by atoms with Gasteiger partial charge in [-0.3, -0.25) is 0 Å². The van der Waals surface area contributed by atoms with Gasteiger partial charge in [-0.1, -0.05) is 44.2 Å². The molecule has 1 heteroatoms. The highest BCUT2D eigenvalue weighted by atomic mass is 14.9. The van der Waals surface area contributed by atoms with Crippen molar-refractivity contribution in [3.8, 4) is 22.4 Å². The Morgan fingerprint density at radius 2 is 1.62 bits per heavy atom. The largest absolute Gasteiger partial charge is 0.213 e. The molecule has 2 aromatic carbocycles. The van der Waals surface area contributed by atoms with E-state index in [9.17, 15) is 0 Å². The zero-order chi connectivity index (χ0) is 18.6. The summed E-state index contributed by atoms with van der Waals surface area (Å²) in [5.74, 6) is 0.546. The second-order valence-corrected chi connectivity index (χ2v) is 8.13. The number of benzene rings is 2. The maximum atomic E-state index is 2.38. The summed E-state index contributed by atoms with van der Waals surface area (Å²) in [7, 11) is 2.19. The quantitative estimate of drug-likeness (QED) is 0.405. The lowest BCUT2D eigenvalue weighted by Gasteiger charge is -2.14. The monoisotopic (exact) mass is 342 g/mol. The lowest BCUT2D eigenvalue weighted by Crippen LogP contribution is -2.32. The minimum Gasteiger partial charge on any atom is -0.201 e. The van der Waals surface area contributed by atoms with Gasteiger partial charge in [0.2, 0.25) is 5.69 Å². The van der Waals surface area contributed by atoms with Crippen molar-refractivity contribution in [2.75, 3.05) is 0 Å². The molecular formula is C25H28N+. The molecule has 3 aromatic rings. The molecule has 4 rings (SSSR count). The third-order valence-corrected chi connectivity index (χ3v) is 5.92. The number of fused-ring (bicyclic) bond motifs is 3. The molecule has 0 fully saturated rings. The van der Waals surface area contributed by atoms with E-state index in [0.717, 1.165) is 6.42 Å². The lowest BCUT2D eigenvalue weighted by atomic mass is 9.91. The van der Waals surface area contributed by atoms with Gasteiger partial charge in [-0.2, -0.15) is 0 Å². The van der Waals surface area contributed by atoms with Crippen molar-refractivity contribution in [2.24, 2.45) is 7.05 Å². The molecule has 26 heavy (non-hydrogen) atoms. The Morgan fingerprint density at radius 3 is 2.35 bits per heavy atom. The van der Waals surface area contributed by atoms with Crippen LogP contribution < -0.4 is 4.57 Å². The molecule has 1 nitrogen and oxygen atoms in total. The van der Waals surface area contributed by atoms with Gasteiger partial charge in [0.25, 0.3) is 0 Å². The normalized spacial score (nSPS) is 12.4. The molecule has 1 aromatic heterocycles. The van der Waals surface area contributed by atoms with Gasteiger partial charge in [0.15, 0.2) is 6.20 Å². The van der Waals surface area contributed by atoms with E-state index in [1.807, 2.05) is 0 Å². The van der Waals surface area contributed by atoms with Crippen LogP contribution in [0.25, 0.3) is 22.4 Å². The molecule has 0 N–H and O–H groups in total. The van der Waals surface area contributed by atoms with Gasteiger partial charge in [0, 0.05) is 11.6 Å². The third kappa shape index (κ3) is 2.49. The minimum absolute atomic E-state index is 0.546. The van der Waals surface area contributed by atoms with E-state index in [0.29, 0.717) is 5.92 Å². The number of hydrogen-bond acceptors (Lipinski definition) is 0. The summed E-state index contributed by atoms with van der Waals surface area (Å²) in [5, 5.41) is 0. The Morgan fingerprint density at radius 1 is 0.885 bits per heavy atom. The molecule has 1 aliphatic rings. The summed E-state index contributed by atoms with van der Waals surface area (Å²) in [5.41, 5.74) is 14.1. The zero-order valence-electron chi connectivity index (χ0n) is 16.8. The maximum absolute atomic E-state index is 2.38. The van der Waals surface area contributed by atoms with E-state index in [2.05, 4.69) is 88.8 Å². The summed E-state index contributed by atoms with van der Waals surface area (Å²) >= 11 is 0. The standard InChI is InChI=1S/C25H28N/c1-15(2)22-14-26(6)23(12-18(22)5)25-17(4)10-11-20-21(25)13-19-9-7-8-16(3)24(19)20/h7-12,14-15H,13H2,1-6H3/q+1. The van der Waals surface area contributed by atoms with Crippen LogP contribution in [0.4, 0.5) is 0 Å². The Kier molecular flexibility index (Phi) is 3.99. The molecule has 132 valence electrons. The minimum atomic E-state index is 0.546. The second kappa shape index (κ2) is 6.09. The van der Waals surface area contributed by atoms with Gasteiger partial charge in [-0.05, 0) is 72.1 Å². The van der Waals surface area contributed by atoms with Crippen LogP contribution in [0, 0.1) is 20.8 Å². The highest BCUT2D eigenvalue weighted by Crippen LogP contribution is 2.44. The van der Waals surface area contributed by atoms with E-state index >= 15 is 0 Å². The smallest absolute Gasteiger partial charge is 0.201 e. The molecule has 0 aliphatic heterocycles.